The first kappa shape index (κ1) is 10.8. The molecule has 16 heavy (non-hydrogen) atoms. The summed E-state index contributed by atoms with van der Waals surface area (Å²) in [5.74, 6) is 0. The molecule has 0 aromatic heterocycles. The van der Waals surface area contributed by atoms with Gasteiger partial charge in [-0.25, -0.2) is 10.3 Å². The van der Waals surface area contributed by atoms with Gasteiger partial charge in [0.15, 0.2) is 0 Å². The molecule has 1 aliphatic rings. The fourth-order valence-electron chi connectivity index (χ4n) is 1.52. The average molecular weight is 221 g/mol. The molecule has 2 rings (SSSR count). The van der Waals surface area contributed by atoms with Crippen LogP contribution in [0, 0.1) is 0 Å². The second-order valence-electron chi connectivity index (χ2n) is 3.57. The van der Waals surface area contributed by atoms with Gasteiger partial charge in [-0.2, -0.15) is 0 Å². The Morgan fingerprint density at radius 3 is 2.62 bits per heavy atom. The van der Waals surface area contributed by atoms with Gasteiger partial charge in [0.2, 0.25) is 0 Å². The van der Waals surface area contributed by atoms with Gasteiger partial charge in [-0.3, -0.25) is 0 Å². The number of nitrogens with zero attached hydrogens (tertiary/aromatic N) is 1. The van der Waals surface area contributed by atoms with Gasteiger partial charge in [0.1, 0.15) is 0 Å². The molecule has 1 fully saturated rings. The van der Waals surface area contributed by atoms with Crippen LogP contribution in [0.3, 0.4) is 0 Å². The van der Waals surface area contributed by atoms with E-state index in [4.69, 9.17) is 4.84 Å². The molecule has 1 aromatic carbocycles. The molecule has 1 saturated heterocycles. The normalized spacial score (nSPS) is 15.6. The van der Waals surface area contributed by atoms with E-state index < -0.39 is 0 Å². The lowest BCUT2D eigenvalue weighted by molar-refractivity contribution is 0.117. The highest BCUT2D eigenvalue weighted by atomic mass is 16.7. The third-order valence-corrected chi connectivity index (χ3v) is 2.41. The monoisotopic (exact) mass is 221 g/mol. The number of hydrogen-bond acceptors (Lipinski definition) is 4. The zero-order valence-corrected chi connectivity index (χ0v) is 8.98. The van der Waals surface area contributed by atoms with Crippen molar-refractivity contribution in [3.8, 4) is 0 Å². The van der Waals surface area contributed by atoms with Crippen molar-refractivity contribution >= 4 is 11.8 Å². The van der Waals surface area contributed by atoms with Crippen molar-refractivity contribution < 1.29 is 9.63 Å². The zero-order valence-electron chi connectivity index (χ0n) is 8.98. The second kappa shape index (κ2) is 5.37. The second-order valence-corrected chi connectivity index (χ2v) is 3.57. The fraction of sp³-hybridized carbons (Fsp3) is 0.364. The van der Waals surface area contributed by atoms with E-state index in [2.05, 4.69) is 10.8 Å². The zero-order chi connectivity index (χ0) is 11.2. The van der Waals surface area contributed by atoms with Gasteiger partial charge in [0.25, 0.3) is 0 Å². The Morgan fingerprint density at radius 1 is 1.25 bits per heavy atom. The Morgan fingerprint density at radius 2 is 1.94 bits per heavy atom. The maximum atomic E-state index is 11.6. The summed E-state index contributed by atoms with van der Waals surface area (Å²) in [7, 11) is 0. The summed E-state index contributed by atoms with van der Waals surface area (Å²) in [6.07, 6.45) is -0.328. The van der Waals surface area contributed by atoms with E-state index >= 15 is 0 Å². The third-order valence-electron chi connectivity index (χ3n) is 2.41. The summed E-state index contributed by atoms with van der Waals surface area (Å²) in [5.41, 5.74) is 3.40. The van der Waals surface area contributed by atoms with E-state index in [1.54, 1.807) is 4.90 Å². The molecule has 1 heterocycles. The highest BCUT2D eigenvalue weighted by Crippen LogP contribution is 2.05. The summed E-state index contributed by atoms with van der Waals surface area (Å²) in [4.78, 5) is 18.2. The van der Waals surface area contributed by atoms with E-state index in [0.29, 0.717) is 13.1 Å². The molecule has 1 aliphatic heterocycles. The number of amides is 1. The number of benzene rings is 1. The van der Waals surface area contributed by atoms with Gasteiger partial charge < -0.3 is 15.1 Å². The van der Waals surface area contributed by atoms with Gasteiger partial charge >= 0.3 is 6.09 Å². The number of para-hydroxylation sites is 1. The fourth-order valence-corrected chi connectivity index (χ4v) is 1.52. The number of carbonyl (C=O) groups excluding carboxylic acids is 1. The third kappa shape index (κ3) is 2.87. The van der Waals surface area contributed by atoms with Crippen molar-refractivity contribution in [1.82, 2.24) is 10.2 Å². The van der Waals surface area contributed by atoms with Crippen LogP contribution < -0.4 is 10.8 Å². The predicted molar refractivity (Wildman–Crippen MR) is 61.0 cm³/mol. The van der Waals surface area contributed by atoms with Crippen LogP contribution in [0.25, 0.3) is 0 Å². The highest BCUT2D eigenvalue weighted by molar-refractivity contribution is 5.68. The Kier molecular flexibility index (Phi) is 3.61. The van der Waals surface area contributed by atoms with Gasteiger partial charge in [-0.15, -0.1) is 0 Å². The van der Waals surface area contributed by atoms with E-state index in [0.717, 1.165) is 18.8 Å². The molecule has 0 bridgehead atoms. The summed E-state index contributed by atoms with van der Waals surface area (Å²) >= 11 is 0. The van der Waals surface area contributed by atoms with Crippen molar-refractivity contribution in [3.05, 3.63) is 30.3 Å². The lowest BCUT2D eigenvalue weighted by Crippen LogP contribution is -2.47. The number of anilines is 1. The van der Waals surface area contributed by atoms with Crippen LogP contribution in [0.15, 0.2) is 30.3 Å². The summed E-state index contributed by atoms with van der Waals surface area (Å²) in [6, 6.07) is 9.33. The number of nitrogens with one attached hydrogen (secondary N) is 2. The lowest BCUT2D eigenvalue weighted by Gasteiger charge is -2.26. The molecule has 0 spiro atoms. The lowest BCUT2D eigenvalue weighted by atomic mass is 10.3. The number of piperazine rings is 1. The predicted octanol–water partition coefficient (Wildman–Crippen LogP) is 1.06. The Hall–Kier alpha value is -1.75. The van der Waals surface area contributed by atoms with Gasteiger partial charge in [-0.1, -0.05) is 18.2 Å². The number of carbonyl (C=O) groups is 1. The topological polar surface area (TPSA) is 53.6 Å². The molecule has 2 N–H and O–H groups in total. The van der Waals surface area contributed by atoms with Crippen LogP contribution >= 0.6 is 0 Å². The summed E-state index contributed by atoms with van der Waals surface area (Å²) in [6.45, 7) is 3.02. The quantitative estimate of drug-likeness (QED) is 0.733. The number of hydrogen-bond donors (Lipinski definition) is 2. The maximum absolute atomic E-state index is 11.6. The van der Waals surface area contributed by atoms with Gasteiger partial charge in [0.05, 0.1) is 5.69 Å². The Balaban J connectivity index is 1.79. The van der Waals surface area contributed by atoms with Crippen LogP contribution in [0.1, 0.15) is 0 Å². The molecule has 0 saturated carbocycles. The first-order chi connectivity index (χ1) is 7.86. The van der Waals surface area contributed by atoms with Crippen molar-refractivity contribution in [2.45, 2.75) is 0 Å². The molecule has 0 aliphatic carbocycles. The average Bonchev–Trinajstić information content (AvgIpc) is 2.38. The minimum absolute atomic E-state index is 0.328. The number of rotatable bonds is 2. The molecule has 0 radical (unpaired) electrons. The van der Waals surface area contributed by atoms with Crippen LogP contribution in [-0.2, 0) is 4.84 Å². The van der Waals surface area contributed by atoms with Gasteiger partial charge in [-0.05, 0) is 12.1 Å². The molecule has 5 heteroatoms. The van der Waals surface area contributed by atoms with E-state index in [-0.39, 0.29) is 6.09 Å². The van der Waals surface area contributed by atoms with Crippen LogP contribution in [0.5, 0.6) is 0 Å². The highest BCUT2D eigenvalue weighted by Gasteiger charge is 2.17. The van der Waals surface area contributed by atoms with E-state index in [1.165, 1.54) is 0 Å². The van der Waals surface area contributed by atoms with Crippen molar-refractivity contribution in [1.29, 1.82) is 0 Å². The minimum Gasteiger partial charge on any atom is -0.324 e. The molecular formula is C11H15N3O2. The van der Waals surface area contributed by atoms with Crippen LogP contribution in [0.4, 0.5) is 10.5 Å². The van der Waals surface area contributed by atoms with Crippen molar-refractivity contribution in [2.24, 2.45) is 0 Å². The van der Waals surface area contributed by atoms with Crippen LogP contribution in [0.2, 0.25) is 0 Å². The maximum Gasteiger partial charge on any atom is 0.434 e. The Labute approximate surface area is 94.3 Å². The van der Waals surface area contributed by atoms with E-state index in [1.807, 2.05) is 30.3 Å². The molecule has 0 atom stereocenters. The molecule has 0 unspecified atom stereocenters. The standard InChI is InChI=1S/C11H15N3O2/c15-11(14-8-6-12-7-9-14)16-13-10-4-2-1-3-5-10/h1-5,12-13H,6-9H2. The van der Waals surface area contributed by atoms with Crippen LogP contribution in [-0.4, -0.2) is 37.2 Å². The molecule has 86 valence electrons. The van der Waals surface area contributed by atoms with Crippen molar-refractivity contribution in [3.63, 3.8) is 0 Å². The minimum atomic E-state index is -0.328. The van der Waals surface area contributed by atoms with E-state index in [9.17, 15) is 4.79 Å². The molecule has 5 nitrogen and oxygen atoms in total. The Bertz CT molecular complexity index is 336. The van der Waals surface area contributed by atoms with Gasteiger partial charge in [0, 0.05) is 26.2 Å². The first-order valence-corrected chi connectivity index (χ1v) is 5.34. The molecule has 1 aromatic rings. The molecular weight excluding hydrogens is 206 g/mol. The summed E-state index contributed by atoms with van der Waals surface area (Å²) < 4.78 is 0. The first-order valence-electron chi connectivity index (χ1n) is 5.34. The largest absolute Gasteiger partial charge is 0.434 e. The molecule has 1 amide bonds. The van der Waals surface area contributed by atoms with Crippen molar-refractivity contribution in [2.75, 3.05) is 31.7 Å². The SMILES string of the molecule is O=C(ONc1ccccc1)N1CCNCC1. The summed E-state index contributed by atoms with van der Waals surface area (Å²) in [5, 5.41) is 3.17. The smallest absolute Gasteiger partial charge is 0.324 e.